The summed E-state index contributed by atoms with van der Waals surface area (Å²) < 4.78 is 10.8. The largest absolute Gasteiger partial charge is 0.493 e. The molecule has 2 rings (SSSR count). The molecule has 0 bridgehead atoms. The van der Waals surface area contributed by atoms with Crippen LogP contribution in [0.5, 0.6) is 11.5 Å². The van der Waals surface area contributed by atoms with Crippen molar-refractivity contribution in [2.45, 2.75) is 18.9 Å². The third-order valence-electron chi connectivity index (χ3n) is 2.42. The first-order valence-corrected chi connectivity index (χ1v) is 4.70. The van der Waals surface area contributed by atoms with Crippen molar-refractivity contribution in [1.29, 1.82) is 0 Å². The molecule has 1 aromatic carbocycles. The number of rotatable bonds is 1. The van der Waals surface area contributed by atoms with Crippen LogP contribution in [0.4, 0.5) is 0 Å². The van der Waals surface area contributed by atoms with E-state index in [-0.39, 0.29) is 5.54 Å². The predicted molar refractivity (Wildman–Crippen MR) is 54.8 cm³/mol. The van der Waals surface area contributed by atoms with Crippen LogP contribution in [0.15, 0.2) is 18.2 Å². The van der Waals surface area contributed by atoms with Crippen LogP contribution in [-0.2, 0) is 6.42 Å². The minimum absolute atomic E-state index is 0.265. The molecule has 0 fully saturated rings. The number of ether oxygens (including phenoxy) is 2. The van der Waals surface area contributed by atoms with Gasteiger partial charge in [-0.2, -0.15) is 0 Å². The molecule has 2 N–H and O–H groups in total. The van der Waals surface area contributed by atoms with Gasteiger partial charge in [-0.05, 0) is 25.0 Å². The van der Waals surface area contributed by atoms with E-state index in [1.165, 1.54) is 0 Å². The SMILES string of the molecule is COc1cccc2c1OCC(C)(N)C2. The topological polar surface area (TPSA) is 44.5 Å². The lowest BCUT2D eigenvalue weighted by Gasteiger charge is -2.31. The first-order chi connectivity index (χ1) is 6.62. The molecule has 0 saturated carbocycles. The van der Waals surface area contributed by atoms with Gasteiger partial charge in [0.15, 0.2) is 11.5 Å². The van der Waals surface area contributed by atoms with Crippen molar-refractivity contribution in [2.24, 2.45) is 5.73 Å². The van der Waals surface area contributed by atoms with E-state index >= 15 is 0 Å². The zero-order valence-corrected chi connectivity index (χ0v) is 8.54. The number of nitrogens with two attached hydrogens (primary N) is 1. The Morgan fingerprint density at radius 3 is 3.00 bits per heavy atom. The van der Waals surface area contributed by atoms with E-state index in [0.717, 1.165) is 23.5 Å². The van der Waals surface area contributed by atoms with Gasteiger partial charge in [0.1, 0.15) is 6.61 Å². The minimum Gasteiger partial charge on any atom is -0.493 e. The van der Waals surface area contributed by atoms with E-state index in [0.29, 0.717) is 6.61 Å². The van der Waals surface area contributed by atoms with Crippen LogP contribution >= 0.6 is 0 Å². The zero-order valence-electron chi connectivity index (χ0n) is 8.54. The molecular weight excluding hydrogens is 178 g/mol. The van der Waals surface area contributed by atoms with E-state index in [1.54, 1.807) is 7.11 Å². The number of para-hydroxylation sites is 1. The predicted octanol–water partition coefficient (Wildman–Crippen LogP) is 1.35. The lowest BCUT2D eigenvalue weighted by Crippen LogP contribution is -2.47. The van der Waals surface area contributed by atoms with Crippen LogP contribution in [-0.4, -0.2) is 19.3 Å². The van der Waals surface area contributed by atoms with Gasteiger partial charge in [-0.3, -0.25) is 0 Å². The number of hydrogen-bond acceptors (Lipinski definition) is 3. The molecule has 0 spiro atoms. The van der Waals surface area contributed by atoms with Gasteiger partial charge < -0.3 is 15.2 Å². The molecule has 1 aliphatic heterocycles. The lowest BCUT2D eigenvalue weighted by molar-refractivity contribution is 0.196. The Balaban J connectivity index is 2.40. The van der Waals surface area contributed by atoms with E-state index in [4.69, 9.17) is 15.2 Å². The third-order valence-corrected chi connectivity index (χ3v) is 2.42. The smallest absolute Gasteiger partial charge is 0.164 e. The van der Waals surface area contributed by atoms with Crippen LogP contribution in [0.25, 0.3) is 0 Å². The van der Waals surface area contributed by atoms with Gasteiger partial charge in [-0.25, -0.2) is 0 Å². The molecule has 3 nitrogen and oxygen atoms in total. The molecular formula is C11H15NO2. The first-order valence-electron chi connectivity index (χ1n) is 4.70. The molecule has 1 unspecified atom stereocenters. The fraction of sp³-hybridized carbons (Fsp3) is 0.455. The van der Waals surface area contributed by atoms with Gasteiger partial charge in [-0.1, -0.05) is 12.1 Å². The highest BCUT2D eigenvalue weighted by Crippen LogP contribution is 2.36. The van der Waals surface area contributed by atoms with Gasteiger partial charge >= 0.3 is 0 Å². The van der Waals surface area contributed by atoms with Crippen molar-refractivity contribution in [1.82, 2.24) is 0 Å². The summed E-state index contributed by atoms with van der Waals surface area (Å²) >= 11 is 0. The Labute approximate surface area is 83.8 Å². The van der Waals surface area contributed by atoms with Gasteiger partial charge in [0, 0.05) is 0 Å². The molecule has 76 valence electrons. The highest BCUT2D eigenvalue weighted by Gasteiger charge is 2.28. The van der Waals surface area contributed by atoms with Crippen molar-refractivity contribution in [3.63, 3.8) is 0 Å². The van der Waals surface area contributed by atoms with Crippen molar-refractivity contribution in [3.05, 3.63) is 23.8 Å². The molecule has 3 heteroatoms. The van der Waals surface area contributed by atoms with Crippen LogP contribution in [0.1, 0.15) is 12.5 Å². The van der Waals surface area contributed by atoms with Crippen molar-refractivity contribution in [2.75, 3.05) is 13.7 Å². The van der Waals surface area contributed by atoms with Crippen LogP contribution < -0.4 is 15.2 Å². The number of benzene rings is 1. The summed E-state index contributed by atoms with van der Waals surface area (Å²) in [6.45, 7) is 2.54. The number of fused-ring (bicyclic) bond motifs is 1. The Kier molecular flexibility index (Phi) is 2.11. The van der Waals surface area contributed by atoms with Crippen molar-refractivity contribution in [3.8, 4) is 11.5 Å². The molecule has 1 heterocycles. The second kappa shape index (κ2) is 3.17. The maximum absolute atomic E-state index is 6.02. The van der Waals surface area contributed by atoms with Gasteiger partial charge in [0.25, 0.3) is 0 Å². The summed E-state index contributed by atoms with van der Waals surface area (Å²) in [4.78, 5) is 0. The van der Waals surface area contributed by atoms with E-state index in [9.17, 15) is 0 Å². The lowest BCUT2D eigenvalue weighted by atomic mass is 9.92. The number of hydrogen-bond donors (Lipinski definition) is 1. The molecule has 14 heavy (non-hydrogen) atoms. The summed E-state index contributed by atoms with van der Waals surface area (Å²) in [7, 11) is 1.65. The second-order valence-corrected chi connectivity index (χ2v) is 4.07. The molecule has 0 amide bonds. The summed E-state index contributed by atoms with van der Waals surface area (Å²) in [5, 5.41) is 0. The van der Waals surface area contributed by atoms with Crippen LogP contribution in [0.2, 0.25) is 0 Å². The normalized spacial score (nSPS) is 25.1. The van der Waals surface area contributed by atoms with Crippen LogP contribution in [0, 0.1) is 0 Å². The van der Waals surface area contributed by atoms with Gasteiger partial charge in [-0.15, -0.1) is 0 Å². The Hall–Kier alpha value is -1.22. The summed E-state index contributed by atoms with van der Waals surface area (Å²) in [5.41, 5.74) is 6.88. The molecule has 0 aromatic heterocycles. The number of methoxy groups -OCH3 is 1. The fourth-order valence-corrected chi connectivity index (χ4v) is 1.75. The van der Waals surface area contributed by atoms with E-state index in [1.807, 2.05) is 25.1 Å². The molecule has 0 saturated heterocycles. The average Bonchev–Trinajstić information content (AvgIpc) is 2.15. The third kappa shape index (κ3) is 1.55. The summed E-state index contributed by atoms with van der Waals surface area (Å²) in [6, 6.07) is 5.89. The summed E-state index contributed by atoms with van der Waals surface area (Å²) in [5.74, 6) is 1.64. The first kappa shape index (κ1) is 9.34. The molecule has 1 atom stereocenters. The van der Waals surface area contributed by atoms with Gasteiger partial charge in [0.2, 0.25) is 0 Å². The molecule has 1 aromatic rings. The maximum atomic E-state index is 6.02. The van der Waals surface area contributed by atoms with Gasteiger partial charge in [0.05, 0.1) is 12.6 Å². The maximum Gasteiger partial charge on any atom is 0.164 e. The highest BCUT2D eigenvalue weighted by molar-refractivity contribution is 5.48. The average molecular weight is 193 g/mol. The summed E-state index contributed by atoms with van der Waals surface area (Å²) in [6.07, 6.45) is 0.833. The zero-order chi connectivity index (χ0) is 10.2. The monoisotopic (exact) mass is 193 g/mol. The van der Waals surface area contributed by atoms with Crippen molar-refractivity contribution < 1.29 is 9.47 Å². The highest BCUT2D eigenvalue weighted by atomic mass is 16.5. The second-order valence-electron chi connectivity index (χ2n) is 4.07. The van der Waals surface area contributed by atoms with Crippen LogP contribution in [0.3, 0.4) is 0 Å². The molecule has 0 radical (unpaired) electrons. The minimum atomic E-state index is -0.265. The Morgan fingerprint density at radius 1 is 1.50 bits per heavy atom. The van der Waals surface area contributed by atoms with Crippen molar-refractivity contribution >= 4 is 0 Å². The molecule has 1 aliphatic rings. The molecule has 0 aliphatic carbocycles. The van der Waals surface area contributed by atoms with E-state index < -0.39 is 0 Å². The van der Waals surface area contributed by atoms with E-state index in [2.05, 4.69) is 0 Å². The quantitative estimate of drug-likeness (QED) is 0.732. The standard InChI is InChI=1S/C11H15NO2/c1-11(12)6-8-4-3-5-9(13-2)10(8)14-7-11/h3-5H,6-7,12H2,1-2H3. The Morgan fingerprint density at radius 2 is 2.29 bits per heavy atom. The fourth-order valence-electron chi connectivity index (χ4n) is 1.75. The Bertz CT molecular complexity index is 347.